The fourth-order valence-corrected chi connectivity index (χ4v) is 3.10. The Bertz CT molecular complexity index is 787. The van der Waals surface area contributed by atoms with Crippen molar-refractivity contribution in [3.05, 3.63) is 64.7 Å². The predicted molar refractivity (Wildman–Crippen MR) is 93.9 cm³/mol. The van der Waals surface area contributed by atoms with Gasteiger partial charge >= 0.3 is 5.97 Å². The summed E-state index contributed by atoms with van der Waals surface area (Å²) in [7, 11) is 0. The zero-order valence-electron chi connectivity index (χ0n) is 14.3. The average Bonchev–Trinajstić information content (AvgIpc) is 3.35. The van der Waals surface area contributed by atoms with E-state index in [1.165, 1.54) is 0 Å². The minimum Gasteiger partial charge on any atom is -0.481 e. The number of carbonyl (C=O) groups is 2. The van der Waals surface area contributed by atoms with E-state index < -0.39 is 12.6 Å². The van der Waals surface area contributed by atoms with E-state index in [0.717, 1.165) is 29.5 Å². The van der Waals surface area contributed by atoms with E-state index in [-0.39, 0.29) is 11.4 Å². The molecular weight excluding hydrogens is 318 g/mol. The number of ether oxygens (including phenoxy) is 1. The van der Waals surface area contributed by atoms with Crippen molar-refractivity contribution >= 4 is 11.9 Å². The summed E-state index contributed by atoms with van der Waals surface area (Å²) in [4.78, 5) is 23.4. The maximum Gasteiger partial charge on any atom is 0.341 e. The van der Waals surface area contributed by atoms with Crippen LogP contribution in [0.25, 0.3) is 0 Å². The number of amides is 1. The van der Waals surface area contributed by atoms with Gasteiger partial charge in [-0.25, -0.2) is 4.79 Å². The smallest absolute Gasteiger partial charge is 0.341 e. The first-order valence-corrected chi connectivity index (χ1v) is 8.25. The van der Waals surface area contributed by atoms with Gasteiger partial charge in [-0.15, -0.1) is 0 Å². The molecule has 0 aliphatic heterocycles. The molecule has 1 aliphatic rings. The number of carbonyl (C=O) groups excluding carboxylic acids is 1. The van der Waals surface area contributed by atoms with Crippen LogP contribution in [0.3, 0.4) is 0 Å². The molecule has 5 nitrogen and oxygen atoms in total. The van der Waals surface area contributed by atoms with Crippen LogP contribution in [-0.2, 0) is 10.3 Å². The highest BCUT2D eigenvalue weighted by Gasteiger charge is 2.45. The van der Waals surface area contributed by atoms with Gasteiger partial charge < -0.3 is 15.2 Å². The first-order chi connectivity index (χ1) is 11.9. The number of nitrogens with one attached hydrogen (secondary N) is 1. The highest BCUT2D eigenvalue weighted by atomic mass is 16.5. The van der Waals surface area contributed by atoms with Crippen LogP contribution in [0.2, 0.25) is 0 Å². The Kier molecular flexibility index (Phi) is 4.49. The van der Waals surface area contributed by atoms with Crippen molar-refractivity contribution in [3.63, 3.8) is 0 Å². The van der Waals surface area contributed by atoms with Crippen molar-refractivity contribution in [3.8, 4) is 5.75 Å². The average molecular weight is 339 g/mol. The Morgan fingerprint density at radius 3 is 2.24 bits per heavy atom. The monoisotopic (exact) mass is 339 g/mol. The highest BCUT2D eigenvalue weighted by molar-refractivity contribution is 5.95. The minimum atomic E-state index is -1.03. The normalized spacial score (nSPS) is 14.6. The number of aryl methyl sites for hydroxylation is 2. The van der Waals surface area contributed by atoms with Crippen LogP contribution in [0.5, 0.6) is 5.75 Å². The lowest BCUT2D eigenvalue weighted by atomic mass is 10.0. The number of benzene rings is 2. The standard InChI is InChI=1S/C20H21NO4/c1-13-10-15(11-14(2)18(13)25-12-17(22)23)19(24)21-20(8-9-20)16-6-4-3-5-7-16/h3-7,10-11H,8-9,12H2,1-2H3,(H,21,24)(H,22,23). The Hall–Kier alpha value is -2.82. The molecule has 5 heteroatoms. The minimum absolute atomic E-state index is 0.127. The van der Waals surface area contributed by atoms with Gasteiger partial charge in [0, 0.05) is 5.56 Å². The summed E-state index contributed by atoms with van der Waals surface area (Å²) in [5.41, 5.74) is 2.91. The van der Waals surface area contributed by atoms with Gasteiger partial charge in [0.2, 0.25) is 0 Å². The van der Waals surface area contributed by atoms with Crippen LogP contribution in [0.4, 0.5) is 0 Å². The molecule has 0 aromatic heterocycles. The molecule has 1 fully saturated rings. The van der Waals surface area contributed by atoms with Gasteiger partial charge in [0.05, 0.1) is 5.54 Å². The summed E-state index contributed by atoms with van der Waals surface area (Å²) < 4.78 is 5.32. The van der Waals surface area contributed by atoms with E-state index in [2.05, 4.69) is 5.32 Å². The summed E-state index contributed by atoms with van der Waals surface area (Å²) >= 11 is 0. The number of carboxylic acids is 1. The Balaban J connectivity index is 1.78. The molecule has 0 bridgehead atoms. The number of aliphatic carboxylic acids is 1. The summed E-state index contributed by atoms with van der Waals surface area (Å²) in [5.74, 6) is -0.639. The van der Waals surface area contributed by atoms with Crippen LogP contribution >= 0.6 is 0 Å². The molecule has 0 radical (unpaired) electrons. The third-order valence-electron chi connectivity index (χ3n) is 4.49. The van der Waals surface area contributed by atoms with Gasteiger partial charge in [-0.2, -0.15) is 0 Å². The molecule has 2 N–H and O–H groups in total. The van der Waals surface area contributed by atoms with E-state index in [4.69, 9.17) is 9.84 Å². The number of hydrogen-bond donors (Lipinski definition) is 2. The summed E-state index contributed by atoms with van der Waals surface area (Å²) in [6.45, 7) is 3.22. The van der Waals surface area contributed by atoms with E-state index in [1.54, 1.807) is 12.1 Å². The quantitative estimate of drug-likeness (QED) is 0.847. The van der Waals surface area contributed by atoms with Gasteiger partial charge in [0.25, 0.3) is 5.91 Å². The first-order valence-electron chi connectivity index (χ1n) is 8.25. The molecule has 1 saturated carbocycles. The summed E-state index contributed by atoms with van der Waals surface area (Å²) in [6.07, 6.45) is 1.86. The van der Waals surface area contributed by atoms with Crippen molar-refractivity contribution < 1.29 is 19.4 Å². The number of carboxylic acid groups (broad SMARTS) is 1. The van der Waals surface area contributed by atoms with E-state index in [1.807, 2.05) is 44.2 Å². The molecule has 25 heavy (non-hydrogen) atoms. The van der Waals surface area contributed by atoms with Gasteiger partial charge in [-0.1, -0.05) is 30.3 Å². The van der Waals surface area contributed by atoms with Gasteiger partial charge in [-0.3, -0.25) is 4.79 Å². The number of rotatable bonds is 6. The van der Waals surface area contributed by atoms with Crippen molar-refractivity contribution in [1.29, 1.82) is 0 Å². The Morgan fingerprint density at radius 1 is 1.12 bits per heavy atom. The molecule has 0 spiro atoms. The third-order valence-corrected chi connectivity index (χ3v) is 4.49. The van der Waals surface area contributed by atoms with Crippen molar-refractivity contribution in [2.45, 2.75) is 32.2 Å². The van der Waals surface area contributed by atoms with E-state index in [0.29, 0.717) is 11.3 Å². The molecule has 1 aliphatic carbocycles. The summed E-state index contributed by atoms with van der Waals surface area (Å²) in [6, 6.07) is 13.5. The van der Waals surface area contributed by atoms with Crippen molar-refractivity contribution in [2.24, 2.45) is 0 Å². The SMILES string of the molecule is Cc1cc(C(=O)NC2(c3ccccc3)CC2)cc(C)c1OCC(=O)O. The Morgan fingerprint density at radius 2 is 1.72 bits per heavy atom. The third kappa shape index (κ3) is 3.65. The largest absolute Gasteiger partial charge is 0.481 e. The zero-order valence-corrected chi connectivity index (χ0v) is 14.3. The van der Waals surface area contributed by atoms with E-state index in [9.17, 15) is 9.59 Å². The molecule has 3 rings (SSSR count). The van der Waals surface area contributed by atoms with Crippen LogP contribution in [0.15, 0.2) is 42.5 Å². The molecular formula is C20H21NO4. The lowest BCUT2D eigenvalue weighted by Crippen LogP contribution is -2.34. The van der Waals surface area contributed by atoms with Gasteiger partial charge in [0.15, 0.2) is 6.61 Å². The van der Waals surface area contributed by atoms with Crippen LogP contribution in [0, 0.1) is 13.8 Å². The predicted octanol–water partition coefficient (Wildman–Crippen LogP) is 3.19. The molecule has 0 saturated heterocycles. The first kappa shape index (κ1) is 17.0. The Labute approximate surface area is 146 Å². The summed E-state index contributed by atoms with van der Waals surface area (Å²) in [5, 5.41) is 11.9. The van der Waals surface area contributed by atoms with Crippen molar-refractivity contribution in [1.82, 2.24) is 5.32 Å². The fourth-order valence-electron chi connectivity index (χ4n) is 3.10. The van der Waals surface area contributed by atoms with Crippen LogP contribution in [-0.4, -0.2) is 23.6 Å². The molecule has 0 atom stereocenters. The number of hydrogen-bond acceptors (Lipinski definition) is 3. The van der Waals surface area contributed by atoms with Crippen molar-refractivity contribution in [2.75, 3.05) is 6.61 Å². The van der Waals surface area contributed by atoms with Gasteiger partial charge in [-0.05, 0) is 55.5 Å². The molecule has 2 aromatic carbocycles. The maximum absolute atomic E-state index is 12.7. The van der Waals surface area contributed by atoms with Crippen LogP contribution < -0.4 is 10.1 Å². The lowest BCUT2D eigenvalue weighted by molar-refractivity contribution is -0.139. The maximum atomic E-state index is 12.7. The molecule has 0 heterocycles. The van der Waals surface area contributed by atoms with E-state index >= 15 is 0 Å². The zero-order chi connectivity index (χ0) is 18.0. The molecule has 1 amide bonds. The van der Waals surface area contributed by atoms with Crippen LogP contribution in [0.1, 0.15) is 39.9 Å². The molecule has 130 valence electrons. The second-order valence-corrected chi connectivity index (χ2v) is 6.52. The van der Waals surface area contributed by atoms with Gasteiger partial charge in [0.1, 0.15) is 5.75 Å². The topological polar surface area (TPSA) is 75.6 Å². The lowest BCUT2D eigenvalue weighted by Gasteiger charge is -2.19. The molecule has 0 unspecified atom stereocenters. The fraction of sp³-hybridized carbons (Fsp3) is 0.300. The second-order valence-electron chi connectivity index (χ2n) is 6.52. The highest BCUT2D eigenvalue weighted by Crippen LogP contribution is 2.45. The molecule has 2 aromatic rings. The second kappa shape index (κ2) is 6.59.